The van der Waals surface area contributed by atoms with E-state index in [2.05, 4.69) is 6.92 Å². The van der Waals surface area contributed by atoms with E-state index in [0.717, 1.165) is 43.6 Å². The van der Waals surface area contributed by atoms with Crippen LogP contribution in [0.3, 0.4) is 0 Å². The van der Waals surface area contributed by atoms with Crippen molar-refractivity contribution in [3.8, 4) is 5.75 Å². The molecule has 2 rings (SSSR count). The van der Waals surface area contributed by atoms with Gasteiger partial charge >= 0.3 is 0 Å². The molecule has 1 aliphatic rings. The van der Waals surface area contributed by atoms with Gasteiger partial charge in [0.25, 0.3) is 0 Å². The number of ketones is 1. The van der Waals surface area contributed by atoms with Crippen molar-refractivity contribution in [2.45, 2.75) is 38.7 Å². The minimum absolute atomic E-state index is 0.0961. The number of hydrogen-bond donors (Lipinski definition) is 1. The lowest BCUT2D eigenvalue weighted by molar-refractivity contribution is 0.00703. The highest BCUT2D eigenvalue weighted by Crippen LogP contribution is 2.25. The first kappa shape index (κ1) is 15.0. The smallest absolute Gasteiger partial charge is 0.188 e. The summed E-state index contributed by atoms with van der Waals surface area (Å²) >= 11 is 0. The molecule has 0 radical (unpaired) electrons. The van der Waals surface area contributed by atoms with Crippen molar-refractivity contribution in [1.29, 1.82) is 0 Å². The summed E-state index contributed by atoms with van der Waals surface area (Å²) in [6, 6.07) is 5.39. The van der Waals surface area contributed by atoms with Crippen molar-refractivity contribution in [2.24, 2.45) is 0 Å². The molecule has 1 aliphatic heterocycles. The summed E-state index contributed by atoms with van der Waals surface area (Å²) < 4.78 is 11.4. The second-order valence-electron chi connectivity index (χ2n) is 5.11. The summed E-state index contributed by atoms with van der Waals surface area (Å²) in [5.74, 6) is 0.576. The number of aryl methyl sites for hydroxylation is 1. The first-order chi connectivity index (χ1) is 9.74. The fourth-order valence-electron chi connectivity index (χ4n) is 2.41. The SMILES string of the molecule is CCCc1cc(C(=O)CO)ccc1OC1CCCOC1. The van der Waals surface area contributed by atoms with Gasteiger partial charge in [0, 0.05) is 12.2 Å². The summed E-state index contributed by atoms with van der Waals surface area (Å²) in [7, 11) is 0. The number of benzene rings is 1. The van der Waals surface area contributed by atoms with E-state index in [0.29, 0.717) is 12.2 Å². The van der Waals surface area contributed by atoms with Gasteiger partial charge in [-0.15, -0.1) is 0 Å². The Kier molecular flexibility index (Phi) is 5.56. The molecule has 1 unspecified atom stereocenters. The minimum atomic E-state index is -0.456. The Labute approximate surface area is 119 Å². The first-order valence-corrected chi connectivity index (χ1v) is 7.26. The maximum absolute atomic E-state index is 11.6. The monoisotopic (exact) mass is 278 g/mol. The zero-order valence-corrected chi connectivity index (χ0v) is 11.9. The van der Waals surface area contributed by atoms with Crippen LogP contribution in [0.25, 0.3) is 0 Å². The molecule has 4 nitrogen and oxygen atoms in total. The van der Waals surface area contributed by atoms with Crippen molar-refractivity contribution in [3.63, 3.8) is 0 Å². The fourth-order valence-corrected chi connectivity index (χ4v) is 2.41. The topological polar surface area (TPSA) is 55.8 Å². The van der Waals surface area contributed by atoms with Crippen molar-refractivity contribution in [2.75, 3.05) is 19.8 Å². The van der Waals surface area contributed by atoms with Crippen LogP contribution in [0.5, 0.6) is 5.75 Å². The Morgan fingerprint density at radius 2 is 2.35 bits per heavy atom. The van der Waals surface area contributed by atoms with Gasteiger partial charge in [-0.1, -0.05) is 13.3 Å². The van der Waals surface area contributed by atoms with Crippen LogP contribution >= 0.6 is 0 Å². The van der Waals surface area contributed by atoms with Crippen LogP contribution < -0.4 is 4.74 Å². The van der Waals surface area contributed by atoms with Crippen molar-refractivity contribution < 1.29 is 19.4 Å². The molecule has 0 bridgehead atoms. The molecule has 1 atom stereocenters. The minimum Gasteiger partial charge on any atom is -0.488 e. The van der Waals surface area contributed by atoms with E-state index in [9.17, 15) is 4.79 Å². The predicted octanol–water partition coefficient (Wildman–Crippen LogP) is 2.37. The van der Waals surface area contributed by atoms with Crippen LogP contribution in [0.15, 0.2) is 18.2 Å². The van der Waals surface area contributed by atoms with Crippen molar-refractivity contribution in [1.82, 2.24) is 0 Å². The molecular formula is C16H22O4. The standard InChI is InChI=1S/C16H22O4/c1-2-4-13-9-12(15(18)10-17)6-7-16(13)20-14-5-3-8-19-11-14/h6-7,9,14,17H,2-5,8,10-11H2,1H3. The zero-order valence-electron chi connectivity index (χ0n) is 11.9. The van der Waals surface area contributed by atoms with E-state index in [1.54, 1.807) is 6.07 Å². The molecule has 1 N–H and O–H groups in total. The molecule has 1 fully saturated rings. The molecule has 110 valence electrons. The second kappa shape index (κ2) is 7.41. The van der Waals surface area contributed by atoms with Crippen LogP contribution in [0.1, 0.15) is 42.1 Å². The molecule has 0 aromatic heterocycles. The number of hydrogen-bond acceptors (Lipinski definition) is 4. The highest BCUT2D eigenvalue weighted by Gasteiger charge is 2.17. The third-order valence-corrected chi connectivity index (χ3v) is 3.46. The van der Waals surface area contributed by atoms with Crippen LogP contribution in [0.4, 0.5) is 0 Å². The lowest BCUT2D eigenvalue weighted by Gasteiger charge is -2.24. The Morgan fingerprint density at radius 3 is 3.00 bits per heavy atom. The molecule has 0 aliphatic carbocycles. The van der Waals surface area contributed by atoms with Gasteiger partial charge in [-0.3, -0.25) is 4.79 Å². The van der Waals surface area contributed by atoms with Gasteiger partial charge in [0.2, 0.25) is 0 Å². The van der Waals surface area contributed by atoms with E-state index in [4.69, 9.17) is 14.6 Å². The van der Waals surface area contributed by atoms with Gasteiger partial charge in [0.1, 0.15) is 18.5 Å². The van der Waals surface area contributed by atoms with Gasteiger partial charge < -0.3 is 14.6 Å². The Hall–Kier alpha value is -1.39. The second-order valence-corrected chi connectivity index (χ2v) is 5.11. The van der Waals surface area contributed by atoms with Crippen LogP contribution in [-0.2, 0) is 11.2 Å². The summed E-state index contributed by atoms with van der Waals surface area (Å²) in [6.07, 6.45) is 3.96. The lowest BCUT2D eigenvalue weighted by atomic mass is 10.0. The number of ether oxygens (including phenoxy) is 2. The normalized spacial score (nSPS) is 18.8. The average Bonchev–Trinajstić information content (AvgIpc) is 2.49. The Bertz CT molecular complexity index is 450. The van der Waals surface area contributed by atoms with Gasteiger partial charge in [0.05, 0.1) is 6.61 Å². The molecule has 0 spiro atoms. The summed E-state index contributed by atoms with van der Waals surface area (Å²) in [4.78, 5) is 11.6. The number of aliphatic hydroxyl groups excluding tert-OH is 1. The summed E-state index contributed by atoms with van der Waals surface area (Å²) in [5.41, 5.74) is 1.57. The Balaban J connectivity index is 2.15. The van der Waals surface area contributed by atoms with Gasteiger partial charge in [-0.05, 0) is 43.0 Å². The van der Waals surface area contributed by atoms with E-state index in [1.807, 2.05) is 12.1 Å². The lowest BCUT2D eigenvalue weighted by Crippen LogP contribution is -2.28. The quantitative estimate of drug-likeness (QED) is 0.812. The van der Waals surface area contributed by atoms with Crippen LogP contribution in [-0.4, -0.2) is 36.8 Å². The van der Waals surface area contributed by atoms with Gasteiger partial charge in [-0.2, -0.15) is 0 Å². The average molecular weight is 278 g/mol. The molecule has 1 heterocycles. The number of carbonyl (C=O) groups excluding carboxylic acids is 1. The highest BCUT2D eigenvalue weighted by atomic mass is 16.5. The Morgan fingerprint density at radius 1 is 1.50 bits per heavy atom. The zero-order chi connectivity index (χ0) is 14.4. The van der Waals surface area contributed by atoms with Crippen molar-refractivity contribution in [3.05, 3.63) is 29.3 Å². The van der Waals surface area contributed by atoms with Crippen LogP contribution in [0, 0.1) is 0 Å². The van der Waals surface area contributed by atoms with Gasteiger partial charge in [0.15, 0.2) is 5.78 Å². The molecule has 1 saturated heterocycles. The molecule has 20 heavy (non-hydrogen) atoms. The summed E-state index contributed by atoms with van der Waals surface area (Å²) in [5, 5.41) is 8.94. The molecule has 0 saturated carbocycles. The van der Waals surface area contributed by atoms with E-state index < -0.39 is 6.61 Å². The highest BCUT2D eigenvalue weighted by molar-refractivity contribution is 5.97. The third-order valence-electron chi connectivity index (χ3n) is 3.46. The number of aliphatic hydroxyl groups is 1. The number of carbonyl (C=O) groups is 1. The molecule has 0 amide bonds. The first-order valence-electron chi connectivity index (χ1n) is 7.26. The molecule has 1 aromatic rings. The summed E-state index contributed by atoms with van der Waals surface area (Å²) in [6.45, 7) is 3.07. The van der Waals surface area contributed by atoms with Crippen LogP contribution in [0.2, 0.25) is 0 Å². The van der Waals surface area contributed by atoms with E-state index in [1.165, 1.54) is 0 Å². The molecule has 1 aromatic carbocycles. The third kappa shape index (κ3) is 3.81. The predicted molar refractivity (Wildman–Crippen MR) is 76.3 cm³/mol. The van der Waals surface area contributed by atoms with Crippen molar-refractivity contribution >= 4 is 5.78 Å². The fraction of sp³-hybridized carbons (Fsp3) is 0.562. The maximum Gasteiger partial charge on any atom is 0.188 e. The molecule has 4 heteroatoms. The maximum atomic E-state index is 11.6. The van der Waals surface area contributed by atoms with E-state index in [-0.39, 0.29) is 11.9 Å². The van der Waals surface area contributed by atoms with Gasteiger partial charge in [-0.25, -0.2) is 0 Å². The number of Topliss-reactive ketones (excluding diaryl/α,β-unsaturated/α-hetero) is 1. The van der Waals surface area contributed by atoms with E-state index >= 15 is 0 Å². The number of rotatable bonds is 6. The molecular weight excluding hydrogens is 256 g/mol. The largest absolute Gasteiger partial charge is 0.488 e.